The third-order valence-electron chi connectivity index (χ3n) is 16.6. The number of carbonyl (C=O) groups excluding carboxylic acids is 3. The summed E-state index contributed by atoms with van der Waals surface area (Å²) in [5.41, 5.74) is 0. The van der Waals surface area contributed by atoms with Gasteiger partial charge in [0.25, 0.3) is 0 Å². The molecule has 0 rings (SSSR count). The summed E-state index contributed by atoms with van der Waals surface area (Å²) in [5, 5.41) is 0. The second kappa shape index (κ2) is 70.9. The second-order valence-electron chi connectivity index (χ2n) is 24.9. The lowest BCUT2D eigenvalue weighted by atomic mass is 10.0. The van der Waals surface area contributed by atoms with Gasteiger partial charge in [-0.2, -0.15) is 0 Å². The molecule has 0 spiro atoms. The van der Waals surface area contributed by atoms with Gasteiger partial charge in [-0.15, -0.1) is 0 Å². The topological polar surface area (TPSA) is 78.9 Å². The fourth-order valence-electron chi connectivity index (χ4n) is 11.0. The van der Waals surface area contributed by atoms with Crippen LogP contribution in [0, 0.1) is 0 Å². The van der Waals surface area contributed by atoms with Crippen molar-refractivity contribution in [2.24, 2.45) is 0 Å². The Kier molecular flexibility index (Phi) is 68.6. The third-order valence-corrected chi connectivity index (χ3v) is 16.6. The first kappa shape index (κ1) is 79.4. The van der Waals surface area contributed by atoms with Gasteiger partial charge in [0.15, 0.2) is 6.10 Å². The minimum absolute atomic E-state index is 0.0749. The highest BCUT2D eigenvalue weighted by Gasteiger charge is 2.19. The Balaban J connectivity index is 4.19. The van der Waals surface area contributed by atoms with E-state index >= 15 is 0 Å². The van der Waals surface area contributed by atoms with Gasteiger partial charge in [0.1, 0.15) is 13.2 Å². The zero-order valence-electron chi connectivity index (χ0n) is 55.3. The first-order chi connectivity index (χ1) is 40.5. The first-order valence-electron chi connectivity index (χ1n) is 36.6. The SMILES string of the molecule is CCCCC/C=C\CCCCCCCC(=O)OCC(COC(=O)CCCCCCCCCCCCCCCCCCCCCCCCCCCCCCC)OC(=O)CCCCCCCCCC/C=C\C/C=C\C/C=C\CCCCCCC. The molecular weight excluding hydrogens is 1010 g/mol. The molecule has 1 atom stereocenters. The van der Waals surface area contributed by atoms with E-state index in [0.717, 1.165) is 83.5 Å². The molecule has 0 aromatic rings. The predicted molar refractivity (Wildman–Crippen MR) is 358 cm³/mol. The van der Waals surface area contributed by atoms with Crippen LogP contribution in [0.2, 0.25) is 0 Å². The average molecular weight is 1150 g/mol. The quantitative estimate of drug-likeness (QED) is 0.0261. The molecule has 0 heterocycles. The Bertz CT molecular complexity index is 1410. The van der Waals surface area contributed by atoms with Crippen LogP contribution in [-0.2, 0) is 28.6 Å². The molecule has 0 saturated heterocycles. The van der Waals surface area contributed by atoms with Gasteiger partial charge in [0.2, 0.25) is 0 Å². The molecule has 0 radical (unpaired) electrons. The number of carbonyl (C=O) groups is 3. The lowest BCUT2D eigenvalue weighted by Gasteiger charge is -2.18. The molecular formula is C76H140O6. The molecule has 0 bridgehead atoms. The zero-order chi connectivity index (χ0) is 59.2. The summed E-state index contributed by atoms with van der Waals surface area (Å²) in [7, 11) is 0. The number of hydrogen-bond acceptors (Lipinski definition) is 6. The normalized spacial score (nSPS) is 12.3. The van der Waals surface area contributed by atoms with Crippen molar-refractivity contribution in [3.63, 3.8) is 0 Å². The summed E-state index contributed by atoms with van der Waals surface area (Å²) in [6.45, 7) is 6.66. The van der Waals surface area contributed by atoms with Crippen LogP contribution in [0.4, 0.5) is 0 Å². The lowest BCUT2D eigenvalue weighted by Crippen LogP contribution is -2.30. The molecule has 0 saturated carbocycles. The highest BCUT2D eigenvalue weighted by atomic mass is 16.6. The Morgan fingerprint density at radius 2 is 0.439 bits per heavy atom. The molecule has 480 valence electrons. The molecule has 0 aliphatic heterocycles. The van der Waals surface area contributed by atoms with E-state index in [1.807, 2.05) is 0 Å². The molecule has 6 nitrogen and oxygen atoms in total. The van der Waals surface area contributed by atoms with Crippen molar-refractivity contribution >= 4 is 17.9 Å². The molecule has 0 fully saturated rings. The van der Waals surface area contributed by atoms with Gasteiger partial charge in [-0.1, -0.05) is 345 Å². The van der Waals surface area contributed by atoms with Crippen LogP contribution >= 0.6 is 0 Å². The molecule has 0 amide bonds. The van der Waals surface area contributed by atoms with E-state index in [1.165, 1.54) is 276 Å². The van der Waals surface area contributed by atoms with E-state index in [9.17, 15) is 14.4 Å². The fraction of sp³-hybridized carbons (Fsp3) is 0.855. The molecule has 6 heteroatoms. The fourth-order valence-corrected chi connectivity index (χ4v) is 11.0. The van der Waals surface area contributed by atoms with Gasteiger partial charge in [-0.05, 0) is 83.5 Å². The molecule has 0 aliphatic rings. The van der Waals surface area contributed by atoms with E-state index < -0.39 is 6.10 Å². The smallest absolute Gasteiger partial charge is 0.306 e. The standard InChI is InChI=1S/C76H140O6/c1-4-7-10-13-16-19-22-25-27-29-31-33-35-36-37-38-39-40-42-43-45-47-49-51-54-57-60-63-66-69-75(78)81-72-73(71-80-74(77)68-65-62-59-56-53-24-21-18-15-12-9-6-3)82-76(79)70-67-64-61-58-55-52-50-48-46-44-41-34-32-30-28-26-23-20-17-14-11-8-5-2/h18,21,23,26,30,32,41,44,73H,4-17,19-20,22,24-25,27-29,31,33-40,42-43,45-72H2,1-3H3/b21-18-,26-23-,32-30-,44-41-. The minimum atomic E-state index is -0.780. The number of unbranched alkanes of at least 4 members (excludes halogenated alkanes) is 49. The van der Waals surface area contributed by atoms with Crippen molar-refractivity contribution in [3.8, 4) is 0 Å². The Hall–Kier alpha value is -2.63. The predicted octanol–water partition coefficient (Wildman–Crippen LogP) is 25.3. The Labute approximate surface area is 511 Å². The van der Waals surface area contributed by atoms with Crippen LogP contribution in [0.25, 0.3) is 0 Å². The summed E-state index contributed by atoms with van der Waals surface area (Å²) in [4.78, 5) is 38.4. The van der Waals surface area contributed by atoms with Crippen molar-refractivity contribution in [3.05, 3.63) is 48.6 Å². The van der Waals surface area contributed by atoms with Crippen LogP contribution in [-0.4, -0.2) is 37.2 Å². The van der Waals surface area contributed by atoms with Gasteiger partial charge in [0.05, 0.1) is 0 Å². The van der Waals surface area contributed by atoms with E-state index in [-0.39, 0.29) is 31.1 Å². The van der Waals surface area contributed by atoms with Crippen LogP contribution in [0.15, 0.2) is 48.6 Å². The van der Waals surface area contributed by atoms with Crippen molar-refractivity contribution in [1.82, 2.24) is 0 Å². The average Bonchev–Trinajstić information content (AvgIpc) is 3.47. The molecule has 1 unspecified atom stereocenters. The monoisotopic (exact) mass is 1150 g/mol. The number of ether oxygens (including phenoxy) is 3. The highest BCUT2D eigenvalue weighted by Crippen LogP contribution is 2.19. The van der Waals surface area contributed by atoms with Crippen LogP contribution in [0.5, 0.6) is 0 Å². The lowest BCUT2D eigenvalue weighted by molar-refractivity contribution is -0.167. The van der Waals surface area contributed by atoms with E-state index in [0.29, 0.717) is 19.3 Å². The van der Waals surface area contributed by atoms with E-state index in [2.05, 4.69) is 69.4 Å². The minimum Gasteiger partial charge on any atom is -0.462 e. The summed E-state index contributed by atoms with van der Waals surface area (Å²) in [5.74, 6) is -0.867. The van der Waals surface area contributed by atoms with Gasteiger partial charge >= 0.3 is 17.9 Å². The first-order valence-corrected chi connectivity index (χ1v) is 36.6. The maximum absolute atomic E-state index is 12.9. The molecule has 0 N–H and O–H groups in total. The van der Waals surface area contributed by atoms with Crippen molar-refractivity contribution in [2.75, 3.05) is 13.2 Å². The largest absolute Gasteiger partial charge is 0.462 e. The Morgan fingerprint density at radius 3 is 0.720 bits per heavy atom. The maximum Gasteiger partial charge on any atom is 0.306 e. The number of allylic oxidation sites excluding steroid dienone is 8. The highest BCUT2D eigenvalue weighted by molar-refractivity contribution is 5.71. The van der Waals surface area contributed by atoms with E-state index in [1.54, 1.807) is 0 Å². The number of rotatable bonds is 68. The van der Waals surface area contributed by atoms with Crippen molar-refractivity contribution in [2.45, 2.75) is 406 Å². The molecule has 0 aromatic heterocycles. The summed E-state index contributed by atoms with van der Waals surface area (Å²) in [6.07, 6.45) is 90.2. The number of hydrogen-bond donors (Lipinski definition) is 0. The summed E-state index contributed by atoms with van der Waals surface area (Å²) < 4.78 is 17.0. The third kappa shape index (κ3) is 68.2. The molecule has 82 heavy (non-hydrogen) atoms. The maximum atomic E-state index is 12.9. The zero-order valence-corrected chi connectivity index (χ0v) is 55.3. The van der Waals surface area contributed by atoms with Crippen molar-refractivity contribution in [1.29, 1.82) is 0 Å². The molecule has 0 aliphatic carbocycles. The number of esters is 3. The Morgan fingerprint density at radius 1 is 0.244 bits per heavy atom. The van der Waals surface area contributed by atoms with Crippen LogP contribution < -0.4 is 0 Å². The van der Waals surface area contributed by atoms with Crippen molar-refractivity contribution < 1.29 is 28.6 Å². The van der Waals surface area contributed by atoms with Gasteiger partial charge < -0.3 is 14.2 Å². The summed E-state index contributed by atoms with van der Waals surface area (Å²) >= 11 is 0. The van der Waals surface area contributed by atoms with Crippen LogP contribution in [0.1, 0.15) is 400 Å². The van der Waals surface area contributed by atoms with Gasteiger partial charge in [-0.25, -0.2) is 0 Å². The summed E-state index contributed by atoms with van der Waals surface area (Å²) in [6, 6.07) is 0. The van der Waals surface area contributed by atoms with Gasteiger partial charge in [0, 0.05) is 19.3 Å². The molecule has 0 aromatic carbocycles. The second-order valence-corrected chi connectivity index (χ2v) is 24.9. The van der Waals surface area contributed by atoms with Crippen LogP contribution in [0.3, 0.4) is 0 Å². The van der Waals surface area contributed by atoms with Gasteiger partial charge in [-0.3, -0.25) is 14.4 Å². The van der Waals surface area contributed by atoms with E-state index in [4.69, 9.17) is 14.2 Å².